The Morgan fingerprint density at radius 2 is 1.70 bits per heavy atom. The summed E-state index contributed by atoms with van der Waals surface area (Å²) in [5.74, 6) is 0.474. The minimum Gasteiger partial charge on any atom is -0.378 e. The number of hydrogen-bond acceptors (Lipinski definition) is 4. The summed E-state index contributed by atoms with van der Waals surface area (Å²) in [6.07, 6.45) is 1.85. The zero-order chi connectivity index (χ0) is 18.8. The molecule has 2 aromatic rings. The van der Waals surface area contributed by atoms with Crippen LogP contribution in [0.4, 0.5) is 0 Å². The molecule has 0 saturated carbocycles. The van der Waals surface area contributed by atoms with Crippen molar-refractivity contribution < 1.29 is 9.53 Å². The molecule has 0 bridgehead atoms. The number of rotatable bonds is 4. The molecule has 2 saturated heterocycles. The average Bonchev–Trinajstić information content (AvgIpc) is 2.99. The van der Waals surface area contributed by atoms with Gasteiger partial charge in [0.1, 0.15) is 0 Å². The number of carbonyl (C=O) groups excluding carboxylic acids is 1. The molecule has 2 fully saturated rings. The van der Waals surface area contributed by atoms with E-state index in [2.05, 4.69) is 45.2 Å². The third-order valence-corrected chi connectivity index (χ3v) is 6.28. The van der Waals surface area contributed by atoms with Crippen molar-refractivity contribution in [2.24, 2.45) is 5.92 Å². The van der Waals surface area contributed by atoms with Gasteiger partial charge in [-0.3, -0.25) is 9.69 Å². The van der Waals surface area contributed by atoms with Crippen LogP contribution in [0, 0.1) is 10.7 Å². The minimum absolute atomic E-state index is 0.157. The number of morpholine rings is 1. The summed E-state index contributed by atoms with van der Waals surface area (Å²) in [5, 5.41) is 0. The number of nitrogens with zero attached hydrogens (tertiary/aromatic N) is 4. The van der Waals surface area contributed by atoms with Gasteiger partial charge in [0.25, 0.3) is 0 Å². The lowest BCUT2D eigenvalue weighted by molar-refractivity contribution is -0.141. The molecule has 27 heavy (non-hydrogen) atoms. The molecule has 0 atom stereocenters. The van der Waals surface area contributed by atoms with E-state index in [4.69, 9.17) is 17.0 Å². The van der Waals surface area contributed by atoms with E-state index in [0.29, 0.717) is 19.1 Å². The van der Waals surface area contributed by atoms with Crippen LogP contribution in [-0.4, -0.2) is 64.2 Å². The maximum Gasteiger partial charge on any atom is 0.225 e. The van der Waals surface area contributed by atoms with Gasteiger partial charge < -0.3 is 18.8 Å². The second-order valence-corrected chi connectivity index (χ2v) is 7.78. The molecule has 4 rings (SSSR count). The molecule has 0 spiro atoms. The number of ether oxygens (including phenoxy) is 1. The highest BCUT2D eigenvalue weighted by Gasteiger charge is 2.29. The first-order valence-corrected chi connectivity index (χ1v) is 10.4. The minimum atomic E-state index is 0.157. The van der Waals surface area contributed by atoms with Gasteiger partial charge in [0.05, 0.1) is 30.9 Å². The summed E-state index contributed by atoms with van der Waals surface area (Å²) in [6, 6.07) is 8.42. The van der Waals surface area contributed by atoms with Gasteiger partial charge in [-0.15, -0.1) is 0 Å². The monoisotopic (exact) mass is 388 g/mol. The van der Waals surface area contributed by atoms with Gasteiger partial charge in [0.15, 0.2) is 4.77 Å². The Labute approximate surface area is 165 Å². The summed E-state index contributed by atoms with van der Waals surface area (Å²) < 4.78 is 10.7. The molecule has 0 radical (unpaired) electrons. The van der Waals surface area contributed by atoms with Gasteiger partial charge in [0, 0.05) is 38.6 Å². The van der Waals surface area contributed by atoms with Crippen molar-refractivity contribution in [3.8, 4) is 0 Å². The van der Waals surface area contributed by atoms with Crippen LogP contribution in [0.25, 0.3) is 11.0 Å². The number of imidazole rings is 1. The third kappa shape index (κ3) is 3.68. The van der Waals surface area contributed by atoms with Gasteiger partial charge in [-0.25, -0.2) is 0 Å². The first-order chi connectivity index (χ1) is 13.2. The number of para-hydroxylation sites is 2. The second-order valence-electron chi connectivity index (χ2n) is 7.41. The zero-order valence-corrected chi connectivity index (χ0v) is 16.8. The van der Waals surface area contributed by atoms with E-state index in [1.165, 1.54) is 11.0 Å². The fourth-order valence-corrected chi connectivity index (χ4v) is 4.66. The van der Waals surface area contributed by atoms with Gasteiger partial charge in [-0.1, -0.05) is 12.1 Å². The Balaban J connectivity index is 1.43. The predicted octanol–water partition coefficient (Wildman–Crippen LogP) is 2.72. The fraction of sp³-hybridized carbons (Fsp3) is 0.600. The third-order valence-electron chi connectivity index (χ3n) is 5.84. The Morgan fingerprint density at radius 1 is 1.07 bits per heavy atom. The average molecular weight is 389 g/mol. The Hall–Kier alpha value is -1.70. The molecule has 0 unspecified atom stereocenters. The van der Waals surface area contributed by atoms with E-state index < -0.39 is 0 Å². The molecule has 7 heteroatoms. The molecule has 0 aliphatic carbocycles. The van der Waals surface area contributed by atoms with Crippen LogP contribution < -0.4 is 0 Å². The lowest BCUT2D eigenvalue weighted by atomic mass is 9.95. The normalized spacial score (nSPS) is 19.7. The molecule has 2 aliphatic heterocycles. The topological polar surface area (TPSA) is 42.6 Å². The molecular formula is C20H28N4O2S. The predicted molar refractivity (Wildman–Crippen MR) is 108 cm³/mol. The fourth-order valence-electron chi connectivity index (χ4n) is 4.28. The van der Waals surface area contributed by atoms with E-state index in [0.717, 1.165) is 57.0 Å². The molecule has 1 aromatic carbocycles. The number of fused-ring (bicyclic) bond motifs is 1. The number of carbonyl (C=O) groups is 1. The van der Waals surface area contributed by atoms with E-state index in [-0.39, 0.29) is 5.92 Å². The summed E-state index contributed by atoms with van der Waals surface area (Å²) in [6.45, 7) is 8.51. The van der Waals surface area contributed by atoms with Crippen molar-refractivity contribution in [2.75, 3.05) is 39.4 Å². The summed E-state index contributed by atoms with van der Waals surface area (Å²) >= 11 is 5.74. The van der Waals surface area contributed by atoms with E-state index in [1.807, 2.05) is 4.90 Å². The van der Waals surface area contributed by atoms with Gasteiger partial charge in [0.2, 0.25) is 5.91 Å². The van der Waals surface area contributed by atoms with E-state index in [9.17, 15) is 4.79 Å². The molecule has 3 heterocycles. The van der Waals surface area contributed by atoms with Crippen LogP contribution in [0.1, 0.15) is 19.8 Å². The van der Waals surface area contributed by atoms with Crippen LogP contribution in [0.5, 0.6) is 0 Å². The molecule has 1 amide bonds. The lowest BCUT2D eigenvalue weighted by Gasteiger charge is -2.35. The van der Waals surface area contributed by atoms with Crippen molar-refractivity contribution in [2.45, 2.75) is 33.0 Å². The van der Waals surface area contributed by atoms with Crippen LogP contribution >= 0.6 is 12.2 Å². The Kier molecular flexibility index (Phi) is 5.61. The quantitative estimate of drug-likeness (QED) is 0.756. The Morgan fingerprint density at radius 3 is 2.33 bits per heavy atom. The van der Waals surface area contributed by atoms with Crippen molar-refractivity contribution in [3.05, 3.63) is 29.0 Å². The molecule has 1 aromatic heterocycles. The van der Waals surface area contributed by atoms with Gasteiger partial charge >= 0.3 is 0 Å². The van der Waals surface area contributed by atoms with Crippen molar-refractivity contribution >= 4 is 29.2 Å². The second kappa shape index (κ2) is 8.12. The number of benzene rings is 1. The van der Waals surface area contributed by atoms with Crippen molar-refractivity contribution in [3.63, 3.8) is 0 Å². The number of aromatic nitrogens is 2. The maximum atomic E-state index is 12.7. The number of aryl methyl sites for hydroxylation is 1. The standard InChI is InChI=1S/C20H28N4O2S/c1-2-23-17-5-3-4-6-18(17)24(20(23)27)15-21-9-7-16(8-10-21)19(25)22-11-13-26-14-12-22/h3-6,16H,2,7-15H2,1H3. The zero-order valence-electron chi connectivity index (χ0n) is 16.0. The number of amides is 1. The van der Waals surface area contributed by atoms with Crippen LogP contribution in [0.15, 0.2) is 24.3 Å². The highest BCUT2D eigenvalue weighted by Crippen LogP contribution is 2.23. The molecule has 6 nitrogen and oxygen atoms in total. The van der Waals surface area contributed by atoms with Crippen LogP contribution in [0.2, 0.25) is 0 Å². The molecular weight excluding hydrogens is 360 g/mol. The summed E-state index contributed by atoms with van der Waals surface area (Å²) in [4.78, 5) is 17.1. The maximum absolute atomic E-state index is 12.7. The first kappa shape index (κ1) is 18.7. The molecule has 2 aliphatic rings. The van der Waals surface area contributed by atoms with Crippen LogP contribution in [-0.2, 0) is 22.7 Å². The van der Waals surface area contributed by atoms with Crippen molar-refractivity contribution in [1.29, 1.82) is 0 Å². The number of piperidine rings is 1. The highest BCUT2D eigenvalue weighted by molar-refractivity contribution is 7.71. The molecule has 0 N–H and O–H groups in total. The van der Waals surface area contributed by atoms with Crippen molar-refractivity contribution in [1.82, 2.24) is 18.9 Å². The van der Waals surface area contributed by atoms with E-state index >= 15 is 0 Å². The van der Waals surface area contributed by atoms with E-state index in [1.54, 1.807) is 0 Å². The Bertz CT molecular complexity index is 860. The SMILES string of the molecule is CCn1c(=S)n(CN2CCC(C(=O)N3CCOCC3)CC2)c2ccccc21. The molecule has 146 valence electrons. The smallest absolute Gasteiger partial charge is 0.225 e. The first-order valence-electron chi connectivity index (χ1n) is 9.96. The summed E-state index contributed by atoms with van der Waals surface area (Å²) in [5.41, 5.74) is 2.39. The summed E-state index contributed by atoms with van der Waals surface area (Å²) in [7, 11) is 0. The van der Waals surface area contributed by atoms with Gasteiger partial charge in [-0.2, -0.15) is 0 Å². The van der Waals surface area contributed by atoms with Crippen LogP contribution in [0.3, 0.4) is 0 Å². The number of hydrogen-bond donors (Lipinski definition) is 0. The largest absolute Gasteiger partial charge is 0.378 e. The highest BCUT2D eigenvalue weighted by atomic mass is 32.1. The number of likely N-dealkylation sites (tertiary alicyclic amines) is 1. The van der Waals surface area contributed by atoms with Gasteiger partial charge in [-0.05, 0) is 44.1 Å². The lowest BCUT2D eigenvalue weighted by Crippen LogP contribution is -2.46.